The normalized spacial score (nSPS) is 12.8. The number of furan rings is 1. The van der Waals surface area contributed by atoms with E-state index < -0.39 is 10.0 Å². The van der Waals surface area contributed by atoms with Crippen molar-refractivity contribution in [3.05, 3.63) is 17.9 Å². The van der Waals surface area contributed by atoms with Crippen LogP contribution in [0.25, 0.3) is 0 Å². The third kappa shape index (κ3) is 4.06. The lowest BCUT2D eigenvalue weighted by Crippen LogP contribution is -2.36. The van der Waals surface area contributed by atoms with Crippen molar-refractivity contribution in [2.45, 2.75) is 58.3 Å². The highest BCUT2D eigenvalue weighted by Crippen LogP contribution is 2.20. The highest BCUT2D eigenvalue weighted by molar-refractivity contribution is 7.89. The third-order valence-electron chi connectivity index (χ3n) is 2.77. The van der Waals surface area contributed by atoms with Gasteiger partial charge in [-0.25, -0.2) is 8.42 Å². The van der Waals surface area contributed by atoms with Gasteiger partial charge in [0.2, 0.25) is 5.09 Å². The maximum atomic E-state index is 12.4. The molecule has 1 aromatic rings. The van der Waals surface area contributed by atoms with Gasteiger partial charge in [0.05, 0.1) is 6.54 Å². The van der Waals surface area contributed by atoms with Crippen LogP contribution in [0.3, 0.4) is 0 Å². The Kier molecular flexibility index (Phi) is 5.58. The summed E-state index contributed by atoms with van der Waals surface area (Å²) in [4.78, 5) is 0. The molecule has 19 heavy (non-hydrogen) atoms. The van der Waals surface area contributed by atoms with Crippen LogP contribution in [0.2, 0.25) is 0 Å². The van der Waals surface area contributed by atoms with Gasteiger partial charge in [0, 0.05) is 18.6 Å². The molecule has 0 saturated heterocycles. The lowest BCUT2D eigenvalue weighted by Gasteiger charge is -2.22. The Morgan fingerprint density at radius 3 is 2.37 bits per heavy atom. The van der Waals surface area contributed by atoms with Crippen LogP contribution < -0.4 is 5.32 Å². The fraction of sp³-hybridized carbons (Fsp3) is 0.692. The van der Waals surface area contributed by atoms with Crippen molar-refractivity contribution in [1.82, 2.24) is 9.62 Å². The van der Waals surface area contributed by atoms with E-state index in [1.165, 1.54) is 10.4 Å². The van der Waals surface area contributed by atoms with Gasteiger partial charge in [-0.2, -0.15) is 4.31 Å². The minimum atomic E-state index is -3.53. The number of hydrogen-bond donors (Lipinski definition) is 1. The van der Waals surface area contributed by atoms with E-state index in [9.17, 15) is 8.42 Å². The zero-order chi connectivity index (χ0) is 14.6. The molecule has 0 spiro atoms. The molecule has 0 atom stereocenters. The van der Waals surface area contributed by atoms with Crippen molar-refractivity contribution >= 4 is 10.0 Å². The van der Waals surface area contributed by atoms with Crippen molar-refractivity contribution in [2.75, 3.05) is 6.54 Å². The first-order valence-electron chi connectivity index (χ1n) is 6.63. The van der Waals surface area contributed by atoms with Gasteiger partial charge >= 0.3 is 0 Å². The number of nitrogens with one attached hydrogen (secondary N) is 1. The summed E-state index contributed by atoms with van der Waals surface area (Å²) in [7, 11) is -3.53. The first kappa shape index (κ1) is 16.2. The molecular weight excluding hydrogens is 264 g/mol. The van der Waals surface area contributed by atoms with Gasteiger partial charge in [-0.3, -0.25) is 0 Å². The van der Waals surface area contributed by atoms with E-state index >= 15 is 0 Å². The molecule has 0 aromatic carbocycles. The second kappa shape index (κ2) is 6.54. The molecule has 5 nitrogen and oxygen atoms in total. The van der Waals surface area contributed by atoms with Gasteiger partial charge in [-0.1, -0.05) is 20.8 Å². The molecule has 110 valence electrons. The van der Waals surface area contributed by atoms with E-state index in [1.807, 2.05) is 34.6 Å². The molecule has 0 fully saturated rings. The SMILES string of the molecule is CCN(C(C)C)S(=O)(=O)c1ccc(CNC(C)C)o1. The van der Waals surface area contributed by atoms with Crippen molar-refractivity contribution in [1.29, 1.82) is 0 Å². The maximum absolute atomic E-state index is 12.4. The summed E-state index contributed by atoms with van der Waals surface area (Å²) in [5.74, 6) is 0.632. The lowest BCUT2D eigenvalue weighted by atomic mass is 10.3. The maximum Gasteiger partial charge on any atom is 0.276 e. The first-order valence-corrected chi connectivity index (χ1v) is 8.07. The van der Waals surface area contributed by atoms with Crippen molar-refractivity contribution in [3.8, 4) is 0 Å². The summed E-state index contributed by atoms with van der Waals surface area (Å²) in [5.41, 5.74) is 0. The van der Waals surface area contributed by atoms with Gasteiger partial charge in [0.15, 0.2) is 0 Å². The summed E-state index contributed by atoms with van der Waals surface area (Å²) in [6.45, 7) is 10.5. The van der Waals surface area contributed by atoms with Crippen LogP contribution in [0.5, 0.6) is 0 Å². The Balaban J connectivity index is 2.91. The van der Waals surface area contributed by atoms with Gasteiger partial charge in [0.25, 0.3) is 10.0 Å². The van der Waals surface area contributed by atoms with E-state index in [1.54, 1.807) is 6.07 Å². The summed E-state index contributed by atoms with van der Waals surface area (Å²) in [6, 6.07) is 3.47. The Hall–Kier alpha value is -0.850. The fourth-order valence-corrected chi connectivity index (χ4v) is 3.40. The molecule has 0 amide bonds. The Morgan fingerprint density at radius 2 is 1.89 bits per heavy atom. The predicted octanol–water partition coefficient (Wildman–Crippen LogP) is 2.20. The molecule has 1 N–H and O–H groups in total. The number of hydrogen-bond acceptors (Lipinski definition) is 4. The van der Waals surface area contributed by atoms with E-state index in [0.717, 1.165) is 0 Å². The van der Waals surface area contributed by atoms with Crippen LogP contribution in [0.4, 0.5) is 0 Å². The van der Waals surface area contributed by atoms with Crippen LogP contribution in [-0.2, 0) is 16.6 Å². The monoisotopic (exact) mass is 288 g/mol. The van der Waals surface area contributed by atoms with Crippen molar-refractivity contribution in [3.63, 3.8) is 0 Å². The minimum absolute atomic E-state index is 0.0172. The van der Waals surface area contributed by atoms with E-state index in [4.69, 9.17) is 4.42 Å². The molecule has 0 aliphatic rings. The first-order chi connectivity index (χ1) is 8.78. The molecule has 0 bridgehead atoms. The van der Waals surface area contributed by atoms with E-state index in [-0.39, 0.29) is 11.1 Å². The molecule has 0 aliphatic heterocycles. The number of nitrogens with zero attached hydrogens (tertiary/aromatic N) is 1. The Labute approximate surface area is 116 Å². The Morgan fingerprint density at radius 1 is 1.26 bits per heavy atom. The zero-order valence-electron chi connectivity index (χ0n) is 12.3. The van der Waals surface area contributed by atoms with Gasteiger partial charge in [0.1, 0.15) is 5.76 Å². The standard InChI is InChI=1S/C13H24N2O3S/c1-6-15(11(4)5)19(16,17)13-8-7-12(18-13)9-14-10(2)3/h7-8,10-11,14H,6,9H2,1-5H3. The number of sulfonamides is 1. The highest BCUT2D eigenvalue weighted by atomic mass is 32.2. The fourth-order valence-electron chi connectivity index (χ4n) is 1.82. The molecule has 1 rings (SSSR count). The predicted molar refractivity (Wildman–Crippen MR) is 75.4 cm³/mol. The van der Waals surface area contributed by atoms with Crippen LogP contribution in [-0.4, -0.2) is 31.4 Å². The largest absolute Gasteiger partial charge is 0.447 e. The molecule has 0 aliphatic carbocycles. The van der Waals surface area contributed by atoms with E-state index in [0.29, 0.717) is 24.9 Å². The average Bonchev–Trinajstić information content (AvgIpc) is 2.75. The van der Waals surface area contributed by atoms with Crippen LogP contribution >= 0.6 is 0 Å². The molecular formula is C13H24N2O3S. The van der Waals surface area contributed by atoms with Crippen LogP contribution in [0.15, 0.2) is 21.6 Å². The third-order valence-corrected chi connectivity index (χ3v) is 4.80. The number of rotatable bonds is 7. The minimum Gasteiger partial charge on any atom is -0.447 e. The summed E-state index contributed by atoms with van der Waals surface area (Å²) < 4.78 is 31.6. The highest BCUT2D eigenvalue weighted by Gasteiger charge is 2.28. The summed E-state index contributed by atoms with van der Waals surface area (Å²) >= 11 is 0. The van der Waals surface area contributed by atoms with Crippen LogP contribution in [0, 0.1) is 0 Å². The molecule has 0 saturated carbocycles. The quantitative estimate of drug-likeness (QED) is 0.835. The summed E-state index contributed by atoms with van der Waals surface area (Å²) in [6.07, 6.45) is 0. The smallest absolute Gasteiger partial charge is 0.276 e. The molecule has 0 unspecified atom stereocenters. The lowest BCUT2D eigenvalue weighted by molar-refractivity contribution is 0.338. The molecule has 1 heterocycles. The summed E-state index contributed by atoms with van der Waals surface area (Å²) in [5, 5.41) is 3.21. The van der Waals surface area contributed by atoms with Crippen LogP contribution in [0.1, 0.15) is 40.4 Å². The molecule has 1 aromatic heterocycles. The second-order valence-electron chi connectivity index (χ2n) is 5.06. The van der Waals surface area contributed by atoms with Crippen molar-refractivity contribution < 1.29 is 12.8 Å². The second-order valence-corrected chi connectivity index (χ2v) is 6.88. The van der Waals surface area contributed by atoms with Gasteiger partial charge < -0.3 is 9.73 Å². The Bertz CT molecular complexity index is 492. The molecule has 0 radical (unpaired) electrons. The molecule has 6 heteroatoms. The zero-order valence-corrected chi connectivity index (χ0v) is 13.1. The topological polar surface area (TPSA) is 62.6 Å². The average molecular weight is 288 g/mol. The van der Waals surface area contributed by atoms with E-state index in [2.05, 4.69) is 5.32 Å². The van der Waals surface area contributed by atoms with Gasteiger partial charge in [-0.15, -0.1) is 0 Å². The van der Waals surface area contributed by atoms with Gasteiger partial charge in [-0.05, 0) is 26.0 Å². The van der Waals surface area contributed by atoms with Crippen molar-refractivity contribution in [2.24, 2.45) is 0 Å².